The summed E-state index contributed by atoms with van der Waals surface area (Å²) in [5.74, 6) is 2.36. The van der Waals surface area contributed by atoms with Crippen molar-refractivity contribution in [3.05, 3.63) is 23.8 Å². The molecule has 116 valence electrons. The maximum atomic E-state index is 6.44. The first kappa shape index (κ1) is 14.7. The van der Waals surface area contributed by atoms with Gasteiger partial charge in [0, 0.05) is 12.6 Å². The number of benzene rings is 1. The van der Waals surface area contributed by atoms with Crippen LogP contribution in [0.15, 0.2) is 18.2 Å². The van der Waals surface area contributed by atoms with Gasteiger partial charge in [-0.25, -0.2) is 0 Å². The Bertz CT molecular complexity index is 490. The molecule has 2 atom stereocenters. The second-order valence-electron chi connectivity index (χ2n) is 6.54. The first-order valence-electron chi connectivity index (χ1n) is 8.04. The Morgan fingerprint density at radius 1 is 1.24 bits per heavy atom. The van der Waals surface area contributed by atoms with E-state index in [1.165, 1.54) is 12.0 Å². The lowest BCUT2D eigenvalue weighted by Crippen LogP contribution is -2.47. The zero-order chi connectivity index (χ0) is 14.8. The number of rotatable bonds is 3. The summed E-state index contributed by atoms with van der Waals surface area (Å²) >= 11 is 0. The van der Waals surface area contributed by atoms with Gasteiger partial charge >= 0.3 is 0 Å². The van der Waals surface area contributed by atoms with E-state index in [0.29, 0.717) is 19.1 Å². The maximum Gasteiger partial charge on any atom is 0.161 e. The second kappa shape index (κ2) is 6.24. The van der Waals surface area contributed by atoms with Gasteiger partial charge in [0.15, 0.2) is 11.5 Å². The molecule has 1 aromatic rings. The highest BCUT2D eigenvalue weighted by Crippen LogP contribution is 2.37. The molecule has 3 rings (SSSR count). The van der Waals surface area contributed by atoms with Crippen molar-refractivity contribution in [3.8, 4) is 11.5 Å². The summed E-state index contributed by atoms with van der Waals surface area (Å²) < 4.78 is 11.3. The van der Waals surface area contributed by atoms with Crippen LogP contribution < -0.4 is 15.2 Å². The average Bonchev–Trinajstić information content (AvgIpc) is 2.46. The fourth-order valence-electron chi connectivity index (χ4n) is 3.47. The summed E-state index contributed by atoms with van der Waals surface area (Å²) in [7, 11) is 0. The quantitative estimate of drug-likeness (QED) is 0.929. The fraction of sp³-hybridized carbons (Fsp3) is 0.647. The summed E-state index contributed by atoms with van der Waals surface area (Å²) in [6.07, 6.45) is 2.28. The Labute approximate surface area is 127 Å². The van der Waals surface area contributed by atoms with Gasteiger partial charge < -0.3 is 15.2 Å². The topological polar surface area (TPSA) is 47.7 Å². The smallest absolute Gasteiger partial charge is 0.161 e. The molecule has 1 saturated heterocycles. The normalized spacial score (nSPS) is 26.1. The highest BCUT2D eigenvalue weighted by molar-refractivity contribution is 5.45. The van der Waals surface area contributed by atoms with Crippen molar-refractivity contribution < 1.29 is 9.47 Å². The van der Waals surface area contributed by atoms with E-state index >= 15 is 0 Å². The van der Waals surface area contributed by atoms with Gasteiger partial charge in [-0.2, -0.15) is 0 Å². The lowest BCUT2D eigenvalue weighted by molar-refractivity contribution is 0.113. The minimum Gasteiger partial charge on any atom is -0.486 e. The second-order valence-corrected chi connectivity index (χ2v) is 6.54. The molecule has 2 aliphatic heterocycles. The lowest BCUT2D eigenvalue weighted by Gasteiger charge is -2.41. The molecule has 4 nitrogen and oxygen atoms in total. The Morgan fingerprint density at radius 2 is 2.00 bits per heavy atom. The molecule has 2 N–H and O–H groups in total. The van der Waals surface area contributed by atoms with Crippen LogP contribution in [0.25, 0.3) is 0 Å². The zero-order valence-electron chi connectivity index (χ0n) is 13.0. The number of likely N-dealkylation sites (tertiary alicyclic amines) is 1. The Balaban J connectivity index is 1.87. The molecular weight excluding hydrogens is 264 g/mol. The molecule has 0 aliphatic carbocycles. The number of nitrogens with zero attached hydrogens (tertiary/aromatic N) is 1. The highest BCUT2D eigenvalue weighted by atomic mass is 16.6. The molecule has 0 aromatic heterocycles. The van der Waals surface area contributed by atoms with E-state index in [2.05, 4.69) is 30.9 Å². The third-order valence-electron chi connectivity index (χ3n) is 4.29. The predicted octanol–water partition coefficient (Wildman–Crippen LogP) is 2.58. The number of fused-ring (bicyclic) bond motifs is 1. The van der Waals surface area contributed by atoms with E-state index < -0.39 is 0 Å². The number of ether oxygens (including phenoxy) is 2. The zero-order valence-corrected chi connectivity index (χ0v) is 13.0. The van der Waals surface area contributed by atoms with Crippen LogP contribution in [0.4, 0.5) is 0 Å². The van der Waals surface area contributed by atoms with E-state index in [-0.39, 0.29) is 12.1 Å². The van der Waals surface area contributed by atoms with Crippen molar-refractivity contribution in [1.82, 2.24) is 4.90 Å². The first-order chi connectivity index (χ1) is 10.1. The van der Waals surface area contributed by atoms with Crippen molar-refractivity contribution in [2.45, 2.75) is 38.8 Å². The Hall–Kier alpha value is -1.26. The molecule has 2 aliphatic rings. The van der Waals surface area contributed by atoms with Gasteiger partial charge in [-0.3, -0.25) is 4.90 Å². The standard InChI is InChI=1S/C17H26N2O2/c1-12(2)11-19-7-3-4-14(18)17(19)13-5-6-15-16(10-13)21-9-8-20-15/h5-6,10,12,14,17H,3-4,7-9,11,18H2,1-2H3. The highest BCUT2D eigenvalue weighted by Gasteiger charge is 2.31. The van der Waals surface area contributed by atoms with Crippen LogP contribution >= 0.6 is 0 Å². The van der Waals surface area contributed by atoms with Crippen molar-refractivity contribution in [2.75, 3.05) is 26.3 Å². The number of hydrogen-bond acceptors (Lipinski definition) is 4. The van der Waals surface area contributed by atoms with Gasteiger partial charge in [0.25, 0.3) is 0 Å². The van der Waals surface area contributed by atoms with E-state index in [1.54, 1.807) is 0 Å². The van der Waals surface area contributed by atoms with Gasteiger partial charge in [0.2, 0.25) is 0 Å². The van der Waals surface area contributed by atoms with Crippen molar-refractivity contribution in [1.29, 1.82) is 0 Å². The maximum absolute atomic E-state index is 6.44. The van der Waals surface area contributed by atoms with Gasteiger partial charge in [-0.15, -0.1) is 0 Å². The lowest BCUT2D eigenvalue weighted by atomic mass is 9.90. The fourth-order valence-corrected chi connectivity index (χ4v) is 3.47. The molecule has 0 radical (unpaired) electrons. The van der Waals surface area contributed by atoms with Gasteiger partial charge in [-0.1, -0.05) is 19.9 Å². The Kier molecular flexibility index (Phi) is 4.36. The molecule has 1 fully saturated rings. The van der Waals surface area contributed by atoms with Gasteiger partial charge in [0.1, 0.15) is 13.2 Å². The largest absolute Gasteiger partial charge is 0.486 e. The SMILES string of the molecule is CC(C)CN1CCCC(N)C1c1ccc2c(c1)OCCO2. The molecule has 1 aromatic carbocycles. The third-order valence-corrected chi connectivity index (χ3v) is 4.29. The van der Waals surface area contributed by atoms with Crippen LogP contribution in [0.2, 0.25) is 0 Å². The molecule has 2 unspecified atom stereocenters. The van der Waals surface area contributed by atoms with E-state index in [0.717, 1.165) is 31.0 Å². The Morgan fingerprint density at radius 3 is 2.76 bits per heavy atom. The molecule has 0 saturated carbocycles. The van der Waals surface area contributed by atoms with Crippen molar-refractivity contribution in [2.24, 2.45) is 11.7 Å². The number of hydrogen-bond donors (Lipinski definition) is 1. The van der Waals surface area contributed by atoms with E-state index in [1.807, 2.05) is 6.07 Å². The monoisotopic (exact) mass is 290 g/mol. The molecule has 0 amide bonds. The van der Waals surface area contributed by atoms with Crippen LogP contribution in [-0.2, 0) is 0 Å². The first-order valence-corrected chi connectivity index (χ1v) is 8.04. The summed E-state index contributed by atoms with van der Waals surface area (Å²) in [5, 5.41) is 0. The van der Waals surface area contributed by atoms with Crippen molar-refractivity contribution in [3.63, 3.8) is 0 Å². The van der Waals surface area contributed by atoms with Crippen LogP contribution in [0.5, 0.6) is 11.5 Å². The minimum atomic E-state index is 0.194. The van der Waals surface area contributed by atoms with Crippen molar-refractivity contribution >= 4 is 0 Å². The number of piperidine rings is 1. The predicted molar refractivity (Wildman–Crippen MR) is 83.8 cm³/mol. The third kappa shape index (κ3) is 3.16. The summed E-state index contributed by atoms with van der Waals surface area (Å²) in [6.45, 7) is 8.01. The number of nitrogens with two attached hydrogens (primary N) is 1. The molecule has 0 spiro atoms. The molecule has 0 bridgehead atoms. The van der Waals surface area contributed by atoms with Gasteiger partial charge in [0.05, 0.1) is 6.04 Å². The van der Waals surface area contributed by atoms with Crippen LogP contribution in [0, 0.1) is 5.92 Å². The van der Waals surface area contributed by atoms with Crippen LogP contribution in [-0.4, -0.2) is 37.2 Å². The summed E-state index contributed by atoms with van der Waals surface area (Å²) in [6, 6.07) is 6.78. The summed E-state index contributed by atoms with van der Waals surface area (Å²) in [5.41, 5.74) is 7.70. The molecule has 2 heterocycles. The average molecular weight is 290 g/mol. The minimum absolute atomic E-state index is 0.194. The summed E-state index contributed by atoms with van der Waals surface area (Å²) in [4.78, 5) is 2.53. The van der Waals surface area contributed by atoms with Gasteiger partial charge in [-0.05, 0) is 43.0 Å². The molecule has 4 heteroatoms. The molecular formula is C17H26N2O2. The van der Waals surface area contributed by atoms with Crippen LogP contribution in [0.1, 0.15) is 38.3 Å². The van der Waals surface area contributed by atoms with E-state index in [9.17, 15) is 0 Å². The van der Waals surface area contributed by atoms with Crippen LogP contribution in [0.3, 0.4) is 0 Å². The molecule has 21 heavy (non-hydrogen) atoms. The van der Waals surface area contributed by atoms with E-state index in [4.69, 9.17) is 15.2 Å².